The number of alkyl halides is 1. The molecule has 144 valence electrons. The van der Waals surface area contributed by atoms with E-state index in [4.69, 9.17) is 4.74 Å². The Hall–Kier alpha value is -1.14. The molecule has 0 spiro atoms. The zero-order valence-electron chi connectivity index (χ0n) is 15.6. The molecule has 3 nitrogen and oxygen atoms in total. The first kappa shape index (κ1) is 22.9. The van der Waals surface area contributed by atoms with Gasteiger partial charge in [0.15, 0.2) is 0 Å². The van der Waals surface area contributed by atoms with Crippen molar-refractivity contribution in [1.82, 2.24) is 0 Å². The highest BCUT2D eigenvalue weighted by Crippen LogP contribution is 2.24. The Morgan fingerprint density at radius 1 is 1.08 bits per heavy atom. The van der Waals surface area contributed by atoms with E-state index in [0.717, 1.165) is 32.1 Å². The number of hydrogen-bond donors (Lipinski definition) is 1. The lowest BCUT2D eigenvalue weighted by Gasteiger charge is -2.14. The molecule has 1 rings (SSSR count). The highest BCUT2D eigenvalue weighted by molar-refractivity contribution is 14.1. The van der Waals surface area contributed by atoms with E-state index in [1.165, 1.54) is 0 Å². The highest BCUT2D eigenvalue weighted by Gasteiger charge is 2.28. The Bertz CT molecular complexity index is 532. The molecule has 0 saturated carbocycles. The number of cyclic esters (lactones) is 1. The van der Waals surface area contributed by atoms with Gasteiger partial charge in [0.25, 0.3) is 0 Å². The van der Waals surface area contributed by atoms with Crippen LogP contribution in [0, 0.1) is 0 Å². The summed E-state index contributed by atoms with van der Waals surface area (Å²) in [6, 6.07) is 0. The lowest BCUT2D eigenvalue weighted by Crippen LogP contribution is -2.19. The Morgan fingerprint density at radius 3 is 2.46 bits per heavy atom. The molecule has 0 aromatic carbocycles. The molecule has 3 atom stereocenters. The van der Waals surface area contributed by atoms with Crippen LogP contribution in [0.2, 0.25) is 0 Å². The molecule has 0 aliphatic carbocycles. The first-order valence-corrected chi connectivity index (χ1v) is 10.7. The highest BCUT2D eigenvalue weighted by atomic mass is 127. The van der Waals surface area contributed by atoms with Crippen LogP contribution in [0.3, 0.4) is 0 Å². The van der Waals surface area contributed by atoms with E-state index < -0.39 is 6.10 Å². The summed E-state index contributed by atoms with van der Waals surface area (Å²) in [5, 5.41) is 9.70. The van der Waals surface area contributed by atoms with E-state index in [9.17, 15) is 9.90 Å². The van der Waals surface area contributed by atoms with Crippen LogP contribution in [-0.2, 0) is 9.53 Å². The van der Waals surface area contributed by atoms with E-state index >= 15 is 0 Å². The number of esters is 1. The number of aliphatic hydroxyl groups is 1. The molecular formula is C22H31IO3. The standard InChI is InChI=1S/C22H31IO3/c1-2-3-11-14-19(24)15-12-9-7-5-4-6-8-10-13-16-20(23)21-17-18-22(25)26-21/h3-4,6-7,9-13,15,19-21,24H,2,5,8,14,16-18H2,1H3/b6-4-,9-7-,11-3-,13-10-,15-12+/t19-,20?,21?/m0/s1. The summed E-state index contributed by atoms with van der Waals surface area (Å²) in [6.45, 7) is 2.08. The Kier molecular flexibility index (Phi) is 13.2. The van der Waals surface area contributed by atoms with Crippen molar-refractivity contribution in [1.29, 1.82) is 0 Å². The summed E-state index contributed by atoms with van der Waals surface area (Å²) in [5.74, 6) is -0.0608. The second-order valence-corrected chi connectivity index (χ2v) is 7.83. The SMILES string of the molecule is CC/C=C\C[C@H](O)/C=C/C=C\C/C=C\C/C=C\CC(I)C1CCC(=O)O1. The van der Waals surface area contributed by atoms with Crippen molar-refractivity contribution in [2.75, 3.05) is 0 Å². The van der Waals surface area contributed by atoms with Gasteiger partial charge < -0.3 is 9.84 Å². The molecule has 0 bridgehead atoms. The summed E-state index contributed by atoms with van der Waals surface area (Å²) in [7, 11) is 0. The first-order valence-electron chi connectivity index (χ1n) is 9.43. The number of allylic oxidation sites excluding steroid dienone is 8. The number of halogens is 1. The maximum Gasteiger partial charge on any atom is 0.306 e. The van der Waals surface area contributed by atoms with Crippen LogP contribution < -0.4 is 0 Å². The Morgan fingerprint density at radius 2 is 1.77 bits per heavy atom. The molecular weight excluding hydrogens is 439 g/mol. The fourth-order valence-electron chi connectivity index (χ4n) is 2.46. The van der Waals surface area contributed by atoms with E-state index in [2.05, 4.69) is 66.0 Å². The molecule has 0 aromatic rings. The number of carbonyl (C=O) groups excluding carboxylic acids is 1. The molecule has 1 saturated heterocycles. The molecule has 1 fully saturated rings. The van der Waals surface area contributed by atoms with Gasteiger partial charge in [-0.15, -0.1) is 0 Å². The van der Waals surface area contributed by atoms with Crippen LogP contribution in [0.5, 0.6) is 0 Å². The topological polar surface area (TPSA) is 46.5 Å². The van der Waals surface area contributed by atoms with Gasteiger partial charge >= 0.3 is 5.97 Å². The predicted octanol–water partition coefficient (Wildman–Crippen LogP) is 5.61. The minimum Gasteiger partial charge on any atom is -0.461 e. The zero-order valence-corrected chi connectivity index (χ0v) is 17.8. The van der Waals surface area contributed by atoms with Crippen molar-refractivity contribution in [2.45, 2.75) is 68.0 Å². The largest absolute Gasteiger partial charge is 0.461 e. The van der Waals surface area contributed by atoms with Crippen molar-refractivity contribution < 1.29 is 14.6 Å². The number of hydrogen-bond acceptors (Lipinski definition) is 3. The second kappa shape index (κ2) is 15.0. The summed E-state index contributed by atoms with van der Waals surface area (Å²) in [5.41, 5.74) is 0. The van der Waals surface area contributed by atoms with Crippen molar-refractivity contribution >= 4 is 28.6 Å². The lowest BCUT2D eigenvalue weighted by atomic mass is 10.1. The Labute approximate surface area is 171 Å². The Balaban J connectivity index is 2.07. The quantitative estimate of drug-likeness (QED) is 0.133. The van der Waals surface area contributed by atoms with Gasteiger partial charge in [-0.3, -0.25) is 4.79 Å². The first-order chi connectivity index (χ1) is 12.6. The molecule has 0 amide bonds. The molecule has 0 aromatic heterocycles. The number of rotatable bonds is 12. The van der Waals surface area contributed by atoms with Gasteiger partial charge in [-0.05, 0) is 38.5 Å². The van der Waals surface area contributed by atoms with Gasteiger partial charge in [0.05, 0.1) is 10.0 Å². The van der Waals surface area contributed by atoms with Crippen LogP contribution in [-0.4, -0.2) is 27.2 Å². The van der Waals surface area contributed by atoms with Gasteiger partial charge in [0.2, 0.25) is 0 Å². The number of carbonyl (C=O) groups is 1. The molecule has 1 aliphatic heterocycles. The average Bonchev–Trinajstić information content (AvgIpc) is 3.06. The van der Waals surface area contributed by atoms with Gasteiger partial charge in [0, 0.05) is 6.42 Å². The third-order valence-electron chi connectivity index (χ3n) is 3.92. The maximum atomic E-state index is 11.1. The average molecular weight is 470 g/mol. The van der Waals surface area contributed by atoms with Crippen LogP contribution >= 0.6 is 22.6 Å². The van der Waals surface area contributed by atoms with Gasteiger partial charge in [0.1, 0.15) is 6.10 Å². The van der Waals surface area contributed by atoms with Crippen molar-refractivity contribution in [3.8, 4) is 0 Å². The van der Waals surface area contributed by atoms with E-state index in [-0.39, 0.29) is 12.1 Å². The van der Waals surface area contributed by atoms with E-state index in [1.807, 2.05) is 24.3 Å². The molecule has 1 heterocycles. The number of aliphatic hydroxyl groups excluding tert-OH is 1. The van der Waals surface area contributed by atoms with Crippen molar-refractivity contribution in [3.63, 3.8) is 0 Å². The summed E-state index contributed by atoms with van der Waals surface area (Å²) in [4.78, 5) is 11.1. The minimum atomic E-state index is -0.405. The maximum absolute atomic E-state index is 11.1. The fraction of sp³-hybridized carbons (Fsp3) is 0.500. The van der Waals surface area contributed by atoms with Crippen LogP contribution in [0.4, 0.5) is 0 Å². The predicted molar refractivity (Wildman–Crippen MR) is 117 cm³/mol. The van der Waals surface area contributed by atoms with Gasteiger partial charge in [-0.25, -0.2) is 0 Å². The van der Waals surface area contributed by atoms with E-state index in [0.29, 0.717) is 16.8 Å². The third kappa shape index (κ3) is 11.5. The molecule has 1 aliphatic rings. The van der Waals surface area contributed by atoms with E-state index in [1.54, 1.807) is 0 Å². The normalized spacial score (nSPS) is 21.0. The summed E-state index contributed by atoms with van der Waals surface area (Å²) in [6.07, 6.45) is 25.9. The second-order valence-electron chi connectivity index (χ2n) is 6.23. The van der Waals surface area contributed by atoms with Crippen LogP contribution in [0.1, 0.15) is 51.9 Å². The minimum absolute atomic E-state index is 0.0608. The van der Waals surface area contributed by atoms with Crippen LogP contribution in [0.15, 0.2) is 60.8 Å². The fourth-order valence-corrected chi connectivity index (χ4v) is 3.26. The third-order valence-corrected chi connectivity index (χ3v) is 5.23. The van der Waals surface area contributed by atoms with Crippen molar-refractivity contribution in [2.24, 2.45) is 0 Å². The number of ether oxygens (including phenoxy) is 1. The monoisotopic (exact) mass is 470 g/mol. The molecule has 2 unspecified atom stereocenters. The molecule has 4 heteroatoms. The smallest absolute Gasteiger partial charge is 0.306 e. The van der Waals surface area contributed by atoms with Crippen molar-refractivity contribution in [3.05, 3.63) is 60.8 Å². The van der Waals surface area contributed by atoms with Crippen LogP contribution in [0.25, 0.3) is 0 Å². The lowest BCUT2D eigenvalue weighted by molar-refractivity contribution is -0.141. The molecule has 26 heavy (non-hydrogen) atoms. The van der Waals surface area contributed by atoms with Gasteiger partial charge in [-0.2, -0.15) is 0 Å². The molecule has 0 radical (unpaired) electrons. The summed E-state index contributed by atoms with van der Waals surface area (Å²) < 4.78 is 5.64. The molecule has 1 N–H and O–H groups in total. The van der Waals surface area contributed by atoms with Gasteiger partial charge in [-0.1, -0.05) is 90.3 Å². The summed E-state index contributed by atoms with van der Waals surface area (Å²) >= 11 is 2.37. The zero-order chi connectivity index (χ0) is 19.0.